The number of nitrogens with one attached hydrogen (secondary N) is 1. The van der Waals surface area contributed by atoms with Gasteiger partial charge in [0.1, 0.15) is 18.5 Å². The summed E-state index contributed by atoms with van der Waals surface area (Å²) >= 11 is 0. The van der Waals surface area contributed by atoms with Crippen LogP contribution in [-0.2, 0) is 6.18 Å². The zero-order chi connectivity index (χ0) is 18.3. The van der Waals surface area contributed by atoms with Gasteiger partial charge in [0, 0.05) is 5.69 Å². The van der Waals surface area contributed by atoms with E-state index < -0.39 is 17.8 Å². The maximum atomic E-state index is 12.5. The Hall–Kier alpha value is -2.01. The lowest BCUT2D eigenvalue weighted by Gasteiger charge is -2.12. The molecule has 0 radical (unpaired) electrons. The van der Waals surface area contributed by atoms with E-state index in [1.165, 1.54) is 12.1 Å². The molecule has 0 aliphatic rings. The molecule has 26 heavy (non-hydrogen) atoms. The number of aliphatic hydroxyl groups is 1. The van der Waals surface area contributed by atoms with Gasteiger partial charge in [0.25, 0.3) is 0 Å². The maximum absolute atomic E-state index is 12.5. The van der Waals surface area contributed by atoms with Gasteiger partial charge in [-0.3, -0.25) is 4.99 Å². The Kier molecular flexibility index (Phi) is 8.66. The summed E-state index contributed by atoms with van der Waals surface area (Å²) in [6.45, 7) is -0.125. The van der Waals surface area contributed by atoms with Crippen molar-refractivity contribution in [2.45, 2.75) is 12.3 Å². The lowest BCUT2D eigenvalue weighted by molar-refractivity contribution is -0.137. The van der Waals surface area contributed by atoms with E-state index in [-0.39, 0.29) is 48.8 Å². The topological polar surface area (TPSA) is 79.9 Å². The summed E-state index contributed by atoms with van der Waals surface area (Å²) in [4.78, 5) is 3.98. The smallest absolute Gasteiger partial charge is 0.416 e. The number of nitrogens with two attached hydrogens (primary N) is 1. The van der Waals surface area contributed by atoms with Gasteiger partial charge >= 0.3 is 6.18 Å². The number of benzene rings is 2. The molecule has 0 heterocycles. The second kappa shape index (κ2) is 10.2. The Morgan fingerprint density at radius 2 is 1.73 bits per heavy atom. The first-order chi connectivity index (χ1) is 11.8. The number of rotatable bonds is 6. The van der Waals surface area contributed by atoms with Crippen LogP contribution in [-0.4, -0.2) is 30.3 Å². The summed E-state index contributed by atoms with van der Waals surface area (Å²) in [5.41, 5.74) is 5.70. The molecule has 0 fully saturated rings. The van der Waals surface area contributed by atoms with Crippen LogP contribution in [0.4, 0.5) is 18.9 Å². The van der Waals surface area contributed by atoms with E-state index in [2.05, 4.69) is 10.3 Å². The lowest BCUT2D eigenvalue weighted by Crippen LogP contribution is -2.27. The Morgan fingerprint density at radius 1 is 1.12 bits per heavy atom. The average molecular weight is 481 g/mol. The molecular weight excluding hydrogens is 462 g/mol. The van der Waals surface area contributed by atoms with Gasteiger partial charge in [-0.1, -0.05) is 18.2 Å². The first-order valence-corrected chi connectivity index (χ1v) is 7.45. The Bertz CT molecular complexity index is 695. The van der Waals surface area contributed by atoms with Crippen LogP contribution >= 0.6 is 24.0 Å². The molecule has 2 aromatic carbocycles. The van der Waals surface area contributed by atoms with Gasteiger partial charge in [-0.05, 0) is 36.4 Å². The molecule has 0 aromatic heterocycles. The van der Waals surface area contributed by atoms with Crippen LogP contribution in [0.2, 0.25) is 0 Å². The fourth-order valence-electron chi connectivity index (χ4n) is 1.90. The first kappa shape index (κ1) is 22.0. The van der Waals surface area contributed by atoms with Crippen LogP contribution in [0.5, 0.6) is 5.75 Å². The van der Waals surface area contributed by atoms with Crippen molar-refractivity contribution in [3.05, 3.63) is 60.2 Å². The molecule has 0 aliphatic carbocycles. The molecule has 0 amide bonds. The highest BCUT2D eigenvalue weighted by atomic mass is 127. The summed E-state index contributed by atoms with van der Waals surface area (Å²) in [5, 5.41) is 12.7. The molecule has 1 atom stereocenters. The number of guanidine groups is 1. The largest absolute Gasteiger partial charge is 0.491 e. The minimum atomic E-state index is -4.39. The molecule has 0 spiro atoms. The highest BCUT2D eigenvalue weighted by Gasteiger charge is 2.30. The van der Waals surface area contributed by atoms with Crippen LogP contribution in [0, 0.1) is 0 Å². The predicted octanol–water partition coefficient (Wildman–Crippen LogP) is 3.49. The lowest BCUT2D eigenvalue weighted by atomic mass is 10.2. The fourth-order valence-corrected chi connectivity index (χ4v) is 1.90. The summed E-state index contributed by atoms with van der Waals surface area (Å²) < 4.78 is 42.6. The zero-order valence-corrected chi connectivity index (χ0v) is 15.9. The number of anilines is 1. The molecule has 142 valence electrons. The molecule has 4 N–H and O–H groups in total. The van der Waals surface area contributed by atoms with E-state index in [1.54, 1.807) is 0 Å². The molecule has 1 unspecified atom stereocenters. The summed E-state index contributed by atoms with van der Waals surface area (Å²) in [5.74, 6) is 0.367. The molecule has 5 nitrogen and oxygen atoms in total. The van der Waals surface area contributed by atoms with Gasteiger partial charge in [-0.15, -0.1) is 24.0 Å². The number of para-hydroxylation sites is 1. The molecule has 0 bridgehead atoms. The van der Waals surface area contributed by atoms with Gasteiger partial charge in [0.05, 0.1) is 12.1 Å². The van der Waals surface area contributed by atoms with E-state index in [4.69, 9.17) is 10.5 Å². The summed E-state index contributed by atoms with van der Waals surface area (Å²) in [6, 6.07) is 13.4. The van der Waals surface area contributed by atoms with E-state index in [0.717, 1.165) is 17.8 Å². The van der Waals surface area contributed by atoms with Crippen molar-refractivity contribution in [2.75, 3.05) is 18.5 Å². The van der Waals surface area contributed by atoms with Crippen molar-refractivity contribution in [2.24, 2.45) is 10.7 Å². The third-order valence-electron chi connectivity index (χ3n) is 3.14. The monoisotopic (exact) mass is 481 g/mol. The maximum Gasteiger partial charge on any atom is 0.416 e. The fraction of sp³-hybridized carbons (Fsp3) is 0.235. The third-order valence-corrected chi connectivity index (χ3v) is 3.14. The highest BCUT2D eigenvalue weighted by molar-refractivity contribution is 14.0. The molecule has 2 aromatic rings. The van der Waals surface area contributed by atoms with Crippen molar-refractivity contribution in [1.29, 1.82) is 0 Å². The quantitative estimate of drug-likeness (QED) is 0.336. The SMILES string of the molecule is I.NC(=NCC(O)COc1ccc(C(F)(F)F)cc1)Nc1ccccc1. The molecule has 2 rings (SSSR count). The molecule has 9 heteroatoms. The van der Waals surface area contributed by atoms with Crippen molar-refractivity contribution in [3.8, 4) is 5.75 Å². The summed E-state index contributed by atoms with van der Waals surface area (Å²) in [7, 11) is 0. The van der Waals surface area contributed by atoms with Crippen LogP contribution in [0.25, 0.3) is 0 Å². The average Bonchev–Trinajstić information content (AvgIpc) is 2.58. The number of aliphatic hydroxyl groups excluding tert-OH is 1. The number of aliphatic imine (C=N–C) groups is 1. The van der Waals surface area contributed by atoms with Gasteiger partial charge in [-0.2, -0.15) is 13.2 Å². The number of hydrogen-bond acceptors (Lipinski definition) is 3. The van der Waals surface area contributed by atoms with Crippen LogP contribution < -0.4 is 15.8 Å². The summed E-state index contributed by atoms with van der Waals surface area (Å²) in [6.07, 6.45) is -5.34. The number of nitrogens with zero attached hydrogens (tertiary/aromatic N) is 1. The minimum absolute atomic E-state index is 0. The second-order valence-electron chi connectivity index (χ2n) is 5.20. The van der Waals surface area contributed by atoms with E-state index in [1.807, 2.05) is 30.3 Å². The third kappa shape index (κ3) is 7.48. The molecule has 0 saturated carbocycles. The van der Waals surface area contributed by atoms with Crippen molar-refractivity contribution in [1.82, 2.24) is 0 Å². The van der Waals surface area contributed by atoms with Gasteiger partial charge < -0.3 is 20.9 Å². The predicted molar refractivity (Wildman–Crippen MR) is 105 cm³/mol. The van der Waals surface area contributed by atoms with Crippen LogP contribution in [0.1, 0.15) is 5.56 Å². The minimum Gasteiger partial charge on any atom is -0.491 e. The number of ether oxygens (including phenoxy) is 1. The van der Waals surface area contributed by atoms with Crippen LogP contribution in [0.15, 0.2) is 59.6 Å². The molecule has 0 aliphatic heterocycles. The first-order valence-electron chi connectivity index (χ1n) is 7.45. The highest BCUT2D eigenvalue weighted by Crippen LogP contribution is 2.30. The Labute approximate surface area is 166 Å². The number of alkyl halides is 3. The van der Waals surface area contributed by atoms with Crippen molar-refractivity contribution >= 4 is 35.6 Å². The molecular formula is C17H19F3IN3O2. The Balaban J connectivity index is 0.00000338. The van der Waals surface area contributed by atoms with Crippen molar-refractivity contribution in [3.63, 3.8) is 0 Å². The van der Waals surface area contributed by atoms with E-state index in [9.17, 15) is 18.3 Å². The van der Waals surface area contributed by atoms with Gasteiger partial charge in [-0.25, -0.2) is 0 Å². The molecule has 0 saturated heterocycles. The zero-order valence-electron chi connectivity index (χ0n) is 13.6. The number of hydrogen-bond donors (Lipinski definition) is 3. The van der Waals surface area contributed by atoms with Gasteiger partial charge in [0.15, 0.2) is 5.96 Å². The normalized spacial score (nSPS) is 12.8. The van der Waals surface area contributed by atoms with Crippen molar-refractivity contribution < 1.29 is 23.0 Å². The number of halogens is 4. The standard InChI is InChI=1S/C17H18F3N3O2.HI/c18-17(19,20)12-6-8-15(9-7-12)25-11-14(24)10-22-16(21)23-13-4-2-1-3-5-13;/h1-9,14,24H,10-11H2,(H3,21,22,23);1H. The van der Waals surface area contributed by atoms with E-state index in [0.29, 0.717) is 0 Å². The van der Waals surface area contributed by atoms with E-state index >= 15 is 0 Å². The Morgan fingerprint density at radius 3 is 2.31 bits per heavy atom. The second-order valence-corrected chi connectivity index (χ2v) is 5.20. The van der Waals surface area contributed by atoms with Crippen LogP contribution in [0.3, 0.4) is 0 Å². The van der Waals surface area contributed by atoms with Gasteiger partial charge in [0.2, 0.25) is 0 Å².